The molecule has 1 aliphatic rings. The number of anilines is 1. The Morgan fingerprint density at radius 1 is 0.971 bits per heavy atom. The van der Waals surface area contributed by atoms with E-state index in [1.54, 1.807) is 36.4 Å². The molecular formula is C25H18Cl2N2O4S. The van der Waals surface area contributed by atoms with Crippen molar-refractivity contribution in [2.24, 2.45) is 0 Å². The fourth-order valence-electron chi connectivity index (χ4n) is 3.18. The van der Waals surface area contributed by atoms with Crippen LogP contribution in [0.2, 0.25) is 10.0 Å². The first-order valence-corrected chi connectivity index (χ1v) is 11.7. The van der Waals surface area contributed by atoms with Crippen LogP contribution in [0.5, 0.6) is 5.75 Å². The van der Waals surface area contributed by atoms with Gasteiger partial charge in [-0.1, -0.05) is 71.7 Å². The molecule has 0 aliphatic carbocycles. The second-order valence-electron chi connectivity index (χ2n) is 7.27. The first-order valence-electron chi connectivity index (χ1n) is 10.2. The van der Waals surface area contributed by atoms with Crippen LogP contribution in [0, 0.1) is 0 Å². The van der Waals surface area contributed by atoms with Gasteiger partial charge in [0.1, 0.15) is 13.2 Å². The number of hydrogen-bond acceptors (Lipinski definition) is 5. The number of rotatable bonds is 7. The van der Waals surface area contributed by atoms with Gasteiger partial charge >= 0.3 is 0 Å². The number of nitrogens with one attached hydrogen (secondary N) is 1. The number of nitrogens with zero attached hydrogens (tertiary/aromatic N) is 1. The molecule has 1 aliphatic heterocycles. The Labute approximate surface area is 210 Å². The minimum absolute atomic E-state index is 0.169. The molecule has 4 rings (SSSR count). The van der Waals surface area contributed by atoms with Gasteiger partial charge in [-0.3, -0.25) is 19.3 Å². The normalized spacial score (nSPS) is 14.5. The number of para-hydroxylation sites is 1. The molecule has 1 N–H and O–H groups in total. The average molecular weight is 513 g/mol. The number of thioether (sulfide) groups is 1. The molecule has 0 bridgehead atoms. The molecule has 3 amide bonds. The second kappa shape index (κ2) is 10.8. The van der Waals surface area contributed by atoms with E-state index in [1.807, 2.05) is 36.4 Å². The largest absolute Gasteiger partial charge is 0.486 e. The molecule has 1 saturated heterocycles. The zero-order valence-electron chi connectivity index (χ0n) is 17.7. The van der Waals surface area contributed by atoms with Gasteiger partial charge in [0.2, 0.25) is 5.91 Å². The Balaban J connectivity index is 1.44. The maximum atomic E-state index is 12.7. The van der Waals surface area contributed by atoms with E-state index in [9.17, 15) is 14.4 Å². The van der Waals surface area contributed by atoms with Crippen LogP contribution in [0.1, 0.15) is 11.1 Å². The van der Waals surface area contributed by atoms with Crippen molar-refractivity contribution >= 4 is 63.8 Å². The molecule has 172 valence electrons. The maximum absolute atomic E-state index is 12.7. The molecular weight excluding hydrogens is 495 g/mol. The van der Waals surface area contributed by atoms with Gasteiger partial charge in [0.05, 0.1) is 15.0 Å². The van der Waals surface area contributed by atoms with Gasteiger partial charge in [-0.2, -0.15) is 0 Å². The van der Waals surface area contributed by atoms with Crippen LogP contribution in [0.3, 0.4) is 0 Å². The van der Waals surface area contributed by atoms with Crippen molar-refractivity contribution in [2.75, 3.05) is 11.9 Å². The first kappa shape index (κ1) is 23.9. The van der Waals surface area contributed by atoms with Crippen LogP contribution in [-0.2, 0) is 16.2 Å². The van der Waals surface area contributed by atoms with Crippen molar-refractivity contribution < 1.29 is 19.1 Å². The lowest BCUT2D eigenvalue weighted by Crippen LogP contribution is -2.36. The molecule has 0 aromatic heterocycles. The van der Waals surface area contributed by atoms with Crippen molar-refractivity contribution in [2.45, 2.75) is 6.61 Å². The SMILES string of the molecule is O=C(CN1C(=O)S/C(=C\c2cc(Cl)c(OCc3ccccc3)c(Cl)c2)C1=O)Nc1ccccc1. The summed E-state index contributed by atoms with van der Waals surface area (Å²) in [5, 5.41) is 2.68. The number of imide groups is 1. The number of halogens is 2. The topological polar surface area (TPSA) is 75.7 Å². The smallest absolute Gasteiger partial charge is 0.294 e. The Bertz CT molecular complexity index is 1240. The fraction of sp³-hybridized carbons (Fsp3) is 0.0800. The van der Waals surface area contributed by atoms with Crippen LogP contribution in [-0.4, -0.2) is 28.5 Å². The van der Waals surface area contributed by atoms with Gasteiger partial charge in [0.15, 0.2) is 5.75 Å². The third-order valence-corrected chi connectivity index (χ3v) is 6.25. The Morgan fingerprint density at radius 3 is 2.24 bits per heavy atom. The summed E-state index contributed by atoms with van der Waals surface area (Å²) < 4.78 is 5.76. The molecule has 0 atom stereocenters. The Morgan fingerprint density at radius 2 is 1.59 bits per heavy atom. The molecule has 3 aromatic rings. The van der Waals surface area contributed by atoms with Crippen molar-refractivity contribution in [3.63, 3.8) is 0 Å². The van der Waals surface area contributed by atoms with Crippen molar-refractivity contribution in [3.05, 3.63) is 98.9 Å². The van der Waals surface area contributed by atoms with E-state index in [1.165, 1.54) is 6.08 Å². The number of carbonyl (C=O) groups is 3. The molecule has 34 heavy (non-hydrogen) atoms. The summed E-state index contributed by atoms with van der Waals surface area (Å²) in [6.45, 7) is -0.0890. The highest BCUT2D eigenvalue weighted by atomic mass is 35.5. The number of ether oxygens (including phenoxy) is 1. The number of benzene rings is 3. The van der Waals surface area contributed by atoms with E-state index in [-0.39, 0.29) is 21.5 Å². The first-order chi connectivity index (χ1) is 16.4. The van der Waals surface area contributed by atoms with E-state index < -0.39 is 17.1 Å². The number of hydrogen-bond donors (Lipinski definition) is 1. The molecule has 0 radical (unpaired) electrons. The van der Waals surface area contributed by atoms with Crippen molar-refractivity contribution in [1.29, 1.82) is 0 Å². The van der Waals surface area contributed by atoms with E-state index in [4.69, 9.17) is 27.9 Å². The molecule has 3 aromatic carbocycles. The Hall–Kier alpha value is -3.26. The second-order valence-corrected chi connectivity index (χ2v) is 9.08. The van der Waals surface area contributed by atoms with E-state index in [0.717, 1.165) is 22.2 Å². The van der Waals surface area contributed by atoms with Crippen molar-refractivity contribution in [3.8, 4) is 5.75 Å². The highest BCUT2D eigenvalue weighted by Crippen LogP contribution is 2.37. The van der Waals surface area contributed by atoms with Gasteiger partial charge < -0.3 is 10.1 Å². The maximum Gasteiger partial charge on any atom is 0.294 e. The third kappa shape index (κ3) is 5.80. The van der Waals surface area contributed by atoms with Crippen molar-refractivity contribution in [1.82, 2.24) is 4.90 Å². The van der Waals surface area contributed by atoms with Gasteiger partial charge in [-0.05, 0) is 53.2 Å². The van der Waals surface area contributed by atoms with E-state index in [0.29, 0.717) is 23.6 Å². The highest BCUT2D eigenvalue weighted by molar-refractivity contribution is 8.18. The molecule has 0 spiro atoms. The zero-order chi connectivity index (χ0) is 24.1. The monoisotopic (exact) mass is 512 g/mol. The highest BCUT2D eigenvalue weighted by Gasteiger charge is 2.36. The van der Waals surface area contributed by atoms with Gasteiger partial charge in [-0.25, -0.2) is 0 Å². The molecule has 0 unspecified atom stereocenters. The number of amides is 3. The quantitative estimate of drug-likeness (QED) is 0.378. The standard InChI is InChI=1S/C25H18Cl2N2O4S/c26-19-11-17(12-20(27)23(19)33-15-16-7-3-1-4-8-16)13-21-24(31)29(25(32)34-21)14-22(30)28-18-9-5-2-6-10-18/h1-13H,14-15H2,(H,28,30)/b21-13-. The summed E-state index contributed by atoms with van der Waals surface area (Å²) in [7, 11) is 0. The minimum atomic E-state index is -0.560. The predicted molar refractivity (Wildman–Crippen MR) is 135 cm³/mol. The minimum Gasteiger partial charge on any atom is -0.486 e. The van der Waals surface area contributed by atoms with Crippen LogP contribution in [0.15, 0.2) is 77.7 Å². The zero-order valence-corrected chi connectivity index (χ0v) is 20.0. The summed E-state index contributed by atoms with van der Waals surface area (Å²) in [5.74, 6) is -0.703. The van der Waals surface area contributed by atoms with Gasteiger partial charge in [0.25, 0.3) is 11.1 Å². The molecule has 6 nitrogen and oxygen atoms in total. The van der Waals surface area contributed by atoms with Crippen LogP contribution in [0.4, 0.5) is 10.5 Å². The van der Waals surface area contributed by atoms with Gasteiger partial charge in [0, 0.05) is 5.69 Å². The summed E-state index contributed by atoms with van der Waals surface area (Å²) in [5.41, 5.74) is 2.07. The molecule has 1 heterocycles. The van der Waals surface area contributed by atoms with Crippen LogP contribution < -0.4 is 10.1 Å². The van der Waals surface area contributed by atoms with E-state index >= 15 is 0 Å². The Kier molecular flexibility index (Phi) is 7.57. The summed E-state index contributed by atoms with van der Waals surface area (Å²) in [4.78, 5) is 38.5. The van der Waals surface area contributed by atoms with Gasteiger partial charge in [-0.15, -0.1) is 0 Å². The third-order valence-electron chi connectivity index (χ3n) is 4.78. The lowest BCUT2D eigenvalue weighted by atomic mass is 10.2. The molecule has 9 heteroatoms. The predicted octanol–water partition coefficient (Wildman–Crippen LogP) is 6.25. The molecule has 1 fully saturated rings. The number of carbonyl (C=O) groups excluding carboxylic acids is 3. The lowest BCUT2D eigenvalue weighted by Gasteiger charge is -2.12. The van der Waals surface area contributed by atoms with Crippen LogP contribution >= 0.6 is 35.0 Å². The average Bonchev–Trinajstić information content (AvgIpc) is 3.07. The van der Waals surface area contributed by atoms with E-state index in [2.05, 4.69) is 5.32 Å². The fourth-order valence-corrected chi connectivity index (χ4v) is 4.64. The molecule has 0 saturated carbocycles. The lowest BCUT2D eigenvalue weighted by molar-refractivity contribution is -0.127. The summed E-state index contributed by atoms with van der Waals surface area (Å²) >= 11 is 13.5. The van der Waals surface area contributed by atoms with Crippen LogP contribution in [0.25, 0.3) is 6.08 Å². The summed E-state index contributed by atoms with van der Waals surface area (Å²) in [6.07, 6.45) is 1.51. The summed E-state index contributed by atoms with van der Waals surface area (Å²) in [6, 6.07) is 21.6.